The lowest BCUT2D eigenvalue weighted by Crippen LogP contribution is -2.04. The highest BCUT2D eigenvalue weighted by Gasteiger charge is 2.12. The molecule has 0 aliphatic heterocycles. The maximum absolute atomic E-state index is 10.3. The Bertz CT molecular complexity index is 704. The van der Waals surface area contributed by atoms with Gasteiger partial charge in [-0.3, -0.25) is 4.98 Å². The van der Waals surface area contributed by atoms with Crippen LogP contribution in [0.25, 0.3) is 0 Å². The molecule has 0 fully saturated rings. The highest BCUT2D eigenvalue weighted by atomic mass is 16.5. The fourth-order valence-electron chi connectivity index (χ4n) is 2.33. The van der Waals surface area contributed by atoms with E-state index in [0.29, 0.717) is 36.7 Å². The van der Waals surface area contributed by atoms with Crippen LogP contribution < -0.4 is 0 Å². The van der Waals surface area contributed by atoms with Crippen LogP contribution in [0.1, 0.15) is 42.3 Å². The number of hydrogen-bond acceptors (Lipinski definition) is 6. The number of aromatic nitrogens is 1. The van der Waals surface area contributed by atoms with Crippen molar-refractivity contribution in [3.8, 4) is 0 Å². The summed E-state index contributed by atoms with van der Waals surface area (Å²) >= 11 is 0. The lowest BCUT2D eigenvalue weighted by molar-refractivity contribution is 0.145. The Morgan fingerprint density at radius 3 is 2.76 bits per heavy atom. The molecule has 0 bridgehead atoms. The normalized spacial score (nSPS) is 13.1. The summed E-state index contributed by atoms with van der Waals surface area (Å²) in [6, 6.07) is 8.63. The van der Waals surface area contributed by atoms with Crippen LogP contribution >= 0.6 is 0 Å². The zero-order chi connectivity index (χ0) is 18.1. The first-order valence-corrected chi connectivity index (χ1v) is 8.02. The summed E-state index contributed by atoms with van der Waals surface area (Å²) in [5.41, 5.74) is 4.43. The van der Waals surface area contributed by atoms with Gasteiger partial charge in [0.15, 0.2) is 0 Å². The third-order valence-corrected chi connectivity index (χ3v) is 3.60. The largest absolute Gasteiger partial charge is 0.461 e. The third kappa shape index (κ3) is 5.98. The predicted octanol–water partition coefficient (Wildman–Crippen LogP) is 2.44. The van der Waals surface area contributed by atoms with Gasteiger partial charge in [-0.05, 0) is 35.9 Å². The van der Waals surface area contributed by atoms with E-state index in [-0.39, 0.29) is 6.61 Å². The zero-order valence-electron chi connectivity index (χ0n) is 14.1. The van der Waals surface area contributed by atoms with E-state index in [1.807, 2.05) is 6.07 Å². The van der Waals surface area contributed by atoms with E-state index in [0.717, 1.165) is 5.57 Å². The van der Waals surface area contributed by atoms with Crippen molar-refractivity contribution in [2.24, 2.45) is 0 Å². The molecule has 0 spiro atoms. The lowest BCUT2D eigenvalue weighted by atomic mass is 10.1. The summed E-state index contributed by atoms with van der Waals surface area (Å²) in [4.78, 5) is 4.14. The number of ether oxygens (including phenoxy) is 1. The fraction of sp³-hybridized carbons (Fsp3) is 0.368. The highest BCUT2D eigenvalue weighted by Crippen LogP contribution is 2.21. The molecule has 0 unspecified atom stereocenters. The maximum atomic E-state index is 10.3. The zero-order valence-corrected chi connectivity index (χ0v) is 14.1. The smallest absolute Gasteiger partial charge is 0.133 e. The average Bonchev–Trinajstić information content (AvgIpc) is 3.12. The standard InChI is InChI=1S/C19H23NO5/c1-24-13-14(11-18(23)16-6-2-3-10-20-16)5-4-7-17(22)19-9-8-15(12-21)25-19/h2-4,6,8-10,17-18,21-23H,7,11-13H2,1H3/t5?,17-,18-/m0/s1. The van der Waals surface area contributed by atoms with Gasteiger partial charge in [0.05, 0.1) is 12.3 Å². The van der Waals surface area contributed by atoms with Crippen molar-refractivity contribution in [3.63, 3.8) is 0 Å². The molecule has 0 radical (unpaired) electrons. The Morgan fingerprint density at radius 2 is 2.12 bits per heavy atom. The molecule has 0 aliphatic carbocycles. The van der Waals surface area contributed by atoms with Crippen LogP contribution in [-0.2, 0) is 11.3 Å². The molecule has 0 saturated carbocycles. The number of rotatable bonds is 9. The Morgan fingerprint density at radius 1 is 1.28 bits per heavy atom. The number of nitrogens with zero attached hydrogens (tertiary/aromatic N) is 1. The predicted molar refractivity (Wildman–Crippen MR) is 91.5 cm³/mol. The molecule has 0 aliphatic rings. The first-order chi connectivity index (χ1) is 12.1. The molecule has 2 heterocycles. The van der Waals surface area contributed by atoms with Gasteiger partial charge in [0, 0.05) is 26.1 Å². The second kappa shape index (κ2) is 9.93. The number of pyridine rings is 1. The van der Waals surface area contributed by atoms with Crippen molar-refractivity contribution in [1.29, 1.82) is 0 Å². The van der Waals surface area contributed by atoms with Gasteiger partial charge in [0.2, 0.25) is 0 Å². The third-order valence-electron chi connectivity index (χ3n) is 3.60. The van der Waals surface area contributed by atoms with Crippen molar-refractivity contribution in [1.82, 2.24) is 4.98 Å². The molecule has 25 heavy (non-hydrogen) atoms. The summed E-state index contributed by atoms with van der Waals surface area (Å²) < 4.78 is 10.4. The van der Waals surface area contributed by atoms with Crippen LogP contribution in [0.2, 0.25) is 0 Å². The van der Waals surface area contributed by atoms with Gasteiger partial charge in [-0.2, -0.15) is 0 Å². The first kappa shape index (κ1) is 19.1. The molecule has 0 amide bonds. The molecule has 0 aromatic carbocycles. The SMILES string of the molecule is COCC(=C=CC[C@H](O)c1ccc(CO)o1)C[C@H](O)c1ccccn1. The number of aliphatic hydroxyl groups is 3. The van der Waals surface area contributed by atoms with Crippen molar-refractivity contribution >= 4 is 0 Å². The lowest BCUT2D eigenvalue weighted by Gasteiger charge is -2.11. The molecular formula is C19H23NO5. The quantitative estimate of drug-likeness (QED) is 0.604. The van der Waals surface area contributed by atoms with Gasteiger partial charge in [-0.25, -0.2) is 0 Å². The summed E-state index contributed by atoms with van der Waals surface area (Å²) in [6.45, 7) is 0.123. The van der Waals surface area contributed by atoms with E-state index in [2.05, 4.69) is 10.7 Å². The summed E-state index contributed by atoms with van der Waals surface area (Å²) in [5.74, 6) is 0.802. The molecule has 6 heteroatoms. The van der Waals surface area contributed by atoms with Crippen LogP contribution in [0.5, 0.6) is 0 Å². The number of furan rings is 1. The molecule has 6 nitrogen and oxygen atoms in total. The van der Waals surface area contributed by atoms with E-state index in [4.69, 9.17) is 14.3 Å². The minimum Gasteiger partial charge on any atom is -0.461 e. The van der Waals surface area contributed by atoms with Crippen molar-refractivity contribution in [2.45, 2.75) is 31.7 Å². The number of methoxy groups -OCH3 is 1. The molecule has 2 aromatic rings. The topological polar surface area (TPSA) is 96.0 Å². The Hall–Kier alpha value is -2.21. The molecule has 2 atom stereocenters. The van der Waals surface area contributed by atoms with Gasteiger partial charge in [-0.15, -0.1) is 5.73 Å². The molecule has 134 valence electrons. The van der Waals surface area contributed by atoms with Crippen LogP contribution in [0, 0.1) is 0 Å². The second-order valence-electron chi connectivity index (χ2n) is 5.57. The number of aliphatic hydroxyl groups excluding tert-OH is 3. The van der Waals surface area contributed by atoms with Crippen LogP contribution in [0.4, 0.5) is 0 Å². The van der Waals surface area contributed by atoms with E-state index in [1.165, 1.54) is 0 Å². The summed E-state index contributed by atoms with van der Waals surface area (Å²) in [5, 5.41) is 29.3. The van der Waals surface area contributed by atoms with Gasteiger partial charge in [0.1, 0.15) is 30.3 Å². The maximum Gasteiger partial charge on any atom is 0.133 e. The molecule has 3 N–H and O–H groups in total. The van der Waals surface area contributed by atoms with Crippen molar-refractivity contribution in [3.05, 3.63) is 71.1 Å². The van der Waals surface area contributed by atoms with E-state index >= 15 is 0 Å². The number of hydrogen-bond donors (Lipinski definition) is 3. The minimum absolute atomic E-state index is 0.203. The van der Waals surface area contributed by atoms with Crippen LogP contribution in [0.15, 0.2) is 58.3 Å². The van der Waals surface area contributed by atoms with Crippen molar-refractivity contribution in [2.75, 3.05) is 13.7 Å². The van der Waals surface area contributed by atoms with Crippen LogP contribution in [-0.4, -0.2) is 34.0 Å². The van der Waals surface area contributed by atoms with Gasteiger partial charge in [0.25, 0.3) is 0 Å². The second-order valence-corrected chi connectivity index (χ2v) is 5.57. The average molecular weight is 345 g/mol. The van der Waals surface area contributed by atoms with E-state index in [1.54, 1.807) is 43.6 Å². The summed E-state index contributed by atoms with van der Waals surface area (Å²) in [6.07, 6.45) is 2.39. The molecule has 2 aromatic heterocycles. The Labute approximate surface area is 146 Å². The monoisotopic (exact) mass is 345 g/mol. The van der Waals surface area contributed by atoms with Crippen LogP contribution in [0.3, 0.4) is 0 Å². The van der Waals surface area contributed by atoms with E-state index < -0.39 is 12.2 Å². The van der Waals surface area contributed by atoms with E-state index in [9.17, 15) is 10.2 Å². The van der Waals surface area contributed by atoms with Gasteiger partial charge in [-0.1, -0.05) is 6.07 Å². The molecule has 2 rings (SSSR count). The summed E-state index contributed by atoms with van der Waals surface area (Å²) in [7, 11) is 1.57. The Kier molecular flexibility index (Phi) is 7.60. The fourth-order valence-corrected chi connectivity index (χ4v) is 2.33. The first-order valence-electron chi connectivity index (χ1n) is 8.02. The molecule has 0 saturated heterocycles. The van der Waals surface area contributed by atoms with Gasteiger partial charge >= 0.3 is 0 Å². The van der Waals surface area contributed by atoms with Crippen molar-refractivity contribution < 1.29 is 24.5 Å². The molecular weight excluding hydrogens is 322 g/mol. The Balaban J connectivity index is 2.01. The highest BCUT2D eigenvalue weighted by molar-refractivity contribution is 5.13. The minimum atomic E-state index is -0.822. The van der Waals surface area contributed by atoms with Gasteiger partial charge < -0.3 is 24.5 Å².